The van der Waals surface area contributed by atoms with E-state index in [0.717, 1.165) is 37.0 Å². The molecule has 4 heteroatoms. The van der Waals surface area contributed by atoms with Crippen LogP contribution in [0.5, 0.6) is 0 Å². The molecule has 0 spiro atoms. The first-order valence-electron chi connectivity index (χ1n) is 7.71. The van der Waals surface area contributed by atoms with E-state index in [0.29, 0.717) is 11.3 Å². The summed E-state index contributed by atoms with van der Waals surface area (Å²) in [5.41, 5.74) is 7.92. The number of esters is 1. The molecule has 2 N–H and O–H groups in total. The molecule has 0 atom stereocenters. The van der Waals surface area contributed by atoms with Crippen molar-refractivity contribution in [3.05, 3.63) is 29.3 Å². The topological polar surface area (TPSA) is 55.6 Å². The van der Waals surface area contributed by atoms with Crippen LogP contribution in [-0.2, 0) is 11.3 Å². The summed E-state index contributed by atoms with van der Waals surface area (Å²) in [6, 6.07) is 5.62. The molecule has 21 heavy (non-hydrogen) atoms. The van der Waals surface area contributed by atoms with E-state index in [4.69, 9.17) is 10.5 Å². The Balaban J connectivity index is 2.07. The quantitative estimate of drug-likeness (QED) is 0.684. The van der Waals surface area contributed by atoms with Gasteiger partial charge < -0.3 is 10.5 Å². The van der Waals surface area contributed by atoms with Crippen LogP contribution >= 0.6 is 0 Å². The summed E-state index contributed by atoms with van der Waals surface area (Å²) in [6.07, 6.45) is 2.46. The molecule has 0 aliphatic carbocycles. The van der Waals surface area contributed by atoms with E-state index >= 15 is 0 Å². The minimum atomic E-state index is -0.347. The molecule has 0 aromatic heterocycles. The van der Waals surface area contributed by atoms with Crippen molar-refractivity contribution >= 4 is 11.7 Å². The Morgan fingerprint density at radius 1 is 1.38 bits per heavy atom. The second kappa shape index (κ2) is 6.94. The van der Waals surface area contributed by atoms with Crippen LogP contribution < -0.4 is 5.73 Å². The lowest BCUT2D eigenvalue weighted by atomic mass is 9.86. The van der Waals surface area contributed by atoms with Gasteiger partial charge in [0.2, 0.25) is 0 Å². The van der Waals surface area contributed by atoms with E-state index in [1.165, 1.54) is 20.0 Å². The number of benzene rings is 1. The zero-order chi connectivity index (χ0) is 15.4. The first-order chi connectivity index (χ1) is 10.0. The third-order valence-electron chi connectivity index (χ3n) is 4.54. The predicted molar refractivity (Wildman–Crippen MR) is 85.0 cm³/mol. The minimum absolute atomic E-state index is 0.347. The summed E-state index contributed by atoms with van der Waals surface area (Å²) in [4.78, 5) is 14.3. The predicted octanol–water partition coefficient (Wildman–Crippen LogP) is 2.92. The van der Waals surface area contributed by atoms with Crippen LogP contribution in [0.4, 0.5) is 5.69 Å². The fraction of sp³-hybridized carbons (Fsp3) is 0.588. The first-order valence-corrected chi connectivity index (χ1v) is 7.71. The van der Waals surface area contributed by atoms with Gasteiger partial charge in [-0.1, -0.05) is 26.0 Å². The normalized spacial score (nSPS) is 17.1. The van der Waals surface area contributed by atoms with E-state index in [-0.39, 0.29) is 5.97 Å². The number of rotatable bonds is 4. The van der Waals surface area contributed by atoms with Gasteiger partial charge in [0, 0.05) is 12.2 Å². The molecule has 1 aliphatic rings. The lowest BCUT2D eigenvalue weighted by Crippen LogP contribution is -2.35. The number of hydrogen-bond donors (Lipinski definition) is 1. The number of anilines is 1. The maximum atomic E-state index is 11.9. The number of carbonyl (C=O) groups is 1. The van der Waals surface area contributed by atoms with Crippen LogP contribution in [0.25, 0.3) is 0 Å². The Labute approximate surface area is 127 Å². The molecule has 4 nitrogen and oxygen atoms in total. The molecule has 0 saturated carbocycles. The summed E-state index contributed by atoms with van der Waals surface area (Å²) >= 11 is 0. The standard InChI is InChI=1S/C17H26N2O2/c1-12(2)13-7-9-19(10-8-13)11-14-5-4-6-15(18)16(14)17(20)21-3/h4-6,12-13H,7-11,18H2,1-3H3. The first kappa shape index (κ1) is 15.8. The molecule has 1 aromatic rings. The van der Waals surface area contributed by atoms with Gasteiger partial charge in [0.15, 0.2) is 0 Å². The van der Waals surface area contributed by atoms with Crippen LogP contribution in [0.15, 0.2) is 18.2 Å². The SMILES string of the molecule is COC(=O)c1c(N)cccc1CN1CCC(C(C)C)CC1. The number of carbonyl (C=O) groups excluding carboxylic acids is 1. The van der Waals surface area contributed by atoms with Crippen LogP contribution in [0.3, 0.4) is 0 Å². The molecule has 116 valence electrons. The van der Waals surface area contributed by atoms with Crippen LogP contribution in [-0.4, -0.2) is 31.1 Å². The van der Waals surface area contributed by atoms with Gasteiger partial charge in [0.1, 0.15) is 0 Å². The molecule has 1 fully saturated rings. The summed E-state index contributed by atoms with van der Waals surface area (Å²) < 4.78 is 4.86. The fourth-order valence-corrected chi connectivity index (χ4v) is 3.12. The van der Waals surface area contributed by atoms with Gasteiger partial charge in [-0.25, -0.2) is 4.79 Å². The lowest BCUT2D eigenvalue weighted by molar-refractivity contribution is 0.0598. The maximum Gasteiger partial charge on any atom is 0.340 e. The van der Waals surface area contributed by atoms with E-state index in [1.807, 2.05) is 12.1 Å². The third-order valence-corrected chi connectivity index (χ3v) is 4.54. The van der Waals surface area contributed by atoms with Gasteiger partial charge in [-0.15, -0.1) is 0 Å². The Kier molecular flexibility index (Phi) is 5.23. The zero-order valence-electron chi connectivity index (χ0n) is 13.3. The molecule has 1 aliphatic heterocycles. The highest BCUT2D eigenvalue weighted by Crippen LogP contribution is 2.26. The fourth-order valence-electron chi connectivity index (χ4n) is 3.12. The zero-order valence-corrected chi connectivity index (χ0v) is 13.3. The highest BCUT2D eigenvalue weighted by atomic mass is 16.5. The van der Waals surface area contributed by atoms with E-state index < -0.39 is 0 Å². The molecule has 1 aromatic carbocycles. The van der Waals surface area contributed by atoms with E-state index in [9.17, 15) is 4.79 Å². The second-order valence-electron chi connectivity index (χ2n) is 6.23. The van der Waals surface area contributed by atoms with Gasteiger partial charge in [0.25, 0.3) is 0 Å². The van der Waals surface area contributed by atoms with Gasteiger partial charge in [0.05, 0.1) is 12.7 Å². The number of piperidine rings is 1. The van der Waals surface area contributed by atoms with Crippen molar-refractivity contribution in [1.82, 2.24) is 4.90 Å². The summed E-state index contributed by atoms with van der Waals surface area (Å²) in [7, 11) is 1.40. The average molecular weight is 290 g/mol. The number of ether oxygens (including phenoxy) is 1. The molecule has 0 radical (unpaired) electrons. The number of nitrogens with zero attached hydrogens (tertiary/aromatic N) is 1. The molecule has 1 heterocycles. The van der Waals surface area contributed by atoms with Gasteiger partial charge in [-0.3, -0.25) is 4.90 Å². The van der Waals surface area contributed by atoms with Crippen molar-refractivity contribution in [1.29, 1.82) is 0 Å². The van der Waals surface area contributed by atoms with E-state index in [1.54, 1.807) is 6.07 Å². The Hall–Kier alpha value is -1.55. The average Bonchev–Trinajstić information content (AvgIpc) is 2.47. The Bertz CT molecular complexity index is 492. The molecular formula is C17H26N2O2. The van der Waals surface area contributed by atoms with Crippen LogP contribution in [0.1, 0.15) is 42.6 Å². The number of likely N-dealkylation sites (tertiary alicyclic amines) is 1. The number of nitrogens with two attached hydrogens (primary N) is 1. The highest BCUT2D eigenvalue weighted by molar-refractivity contribution is 5.96. The minimum Gasteiger partial charge on any atom is -0.465 e. The second-order valence-corrected chi connectivity index (χ2v) is 6.23. The Morgan fingerprint density at radius 3 is 2.62 bits per heavy atom. The monoisotopic (exact) mass is 290 g/mol. The van der Waals surface area contributed by atoms with Crippen molar-refractivity contribution in [2.45, 2.75) is 33.2 Å². The van der Waals surface area contributed by atoms with E-state index in [2.05, 4.69) is 18.7 Å². The van der Waals surface area contributed by atoms with Gasteiger partial charge >= 0.3 is 5.97 Å². The summed E-state index contributed by atoms with van der Waals surface area (Å²) in [5, 5.41) is 0. The smallest absolute Gasteiger partial charge is 0.340 e. The number of methoxy groups -OCH3 is 1. The van der Waals surface area contributed by atoms with Crippen molar-refractivity contribution in [3.63, 3.8) is 0 Å². The molecule has 0 bridgehead atoms. The molecule has 0 unspecified atom stereocenters. The van der Waals surface area contributed by atoms with Crippen LogP contribution in [0.2, 0.25) is 0 Å². The van der Waals surface area contributed by atoms with Crippen molar-refractivity contribution in [3.8, 4) is 0 Å². The molecule has 0 amide bonds. The highest BCUT2D eigenvalue weighted by Gasteiger charge is 2.23. The molecular weight excluding hydrogens is 264 g/mol. The summed E-state index contributed by atoms with van der Waals surface area (Å²) in [6.45, 7) is 7.53. The summed E-state index contributed by atoms with van der Waals surface area (Å²) in [5.74, 6) is 1.23. The number of hydrogen-bond acceptors (Lipinski definition) is 4. The van der Waals surface area contributed by atoms with Crippen molar-refractivity contribution in [2.75, 3.05) is 25.9 Å². The maximum absolute atomic E-state index is 11.9. The lowest BCUT2D eigenvalue weighted by Gasteiger charge is -2.34. The third kappa shape index (κ3) is 3.76. The van der Waals surface area contributed by atoms with Gasteiger partial charge in [-0.05, 0) is 49.4 Å². The van der Waals surface area contributed by atoms with Crippen molar-refractivity contribution < 1.29 is 9.53 Å². The molecule has 2 rings (SSSR count). The Morgan fingerprint density at radius 2 is 2.05 bits per heavy atom. The van der Waals surface area contributed by atoms with Gasteiger partial charge in [-0.2, -0.15) is 0 Å². The molecule has 1 saturated heterocycles. The van der Waals surface area contributed by atoms with Crippen LogP contribution in [0, 0.1) is 11.8 Å². The van der Waals surface area contributed by atoms with Crippen molar-refractivity contribution in [2.24, 2.45) is 11.8 Å². The largest absolute Gasteiger partial charge is 0.465 e. The number of nitrogen functional groups attached to an aromatic ring is 1.